The predicted molar refractivity (Wildman–Crippen MR) is 96.3 cm³/mol. The summed E-state index contributed by atoms with van der Waals surface area (Å²) < 4.78 is 0. The van der Waals surface area contributed by atoms with Crippen LogP contribution in [0.2, 0.25) is 5.02 Å². The van der Waals surface area contributed by atoms with Crippen molar-refractivity contribution in [2.45, 2.75) is 32.2 Å². The fraction of sp³-hybridized carbons (Fsp3) is 0.333. The van der Waals surface area contributed by atoms with Crippen LogP contribution in [0.25, 0.3) is 0 Å². The van der Waals surface area contributed by atoms with E-state index in [1.54, 1.807) is 11.3 Å². The van der Waals surface area contributed by atoms with Gasteiger partial charge in [0, 0.05) is 15.5 Å². The van der Waals surface area contributed by atoms with E-state index in [4.69, 9.17) is 11.6 Å². The van der Waals surface area contributed by atoms with Gasteiger partial charge in [0.25, 0.3) is 5.91 Å². The smallest absolute Gasteiger partial charge is 0.280 e. The maximum atomic E-state index is 12.2. The normalized spacial score (nSPS) is 14.0. The number of aryl methyl sites for hydroxylation is 1. The minimum atomic E-state index is -0.0766. The van der Waals surface area contributed by atoms with Crippen molar-refractivity contribution in [1.82, 2.24) is 0 Å². The zero-order chi connectivity index (χ0) is 17.1. The fourth-order valence-corrected chi connectivity index (χ4v) is 4.36. The molecular formula is C18H19ClN3OS+. The highest BCUT2D eigenvalue weighted by Gasteiger charge is 2.23. The van der Waals surface area contributed by atoms with Gasteiger partial charge in [-0.2, -0.15) is 5.26 Å². The van der Waals surface area contributed by atoms with Gasteiger partial charge >= 0.3 is 0 Å². The summed E-state index contributed by atoms with van der Waals surface area (Å²) >= 11 is 7.45. The Hall–Kier alpha value is -1.87. The van der Waals surface area contributed by atoms with Crippen LogP contribution >= 0.6 is 22.9 Å². The first-order valence-electron chi connectivity index (χ1n) is 8.01. The van der Waals surface area contributed by atoms with E-state index in [9.17, 15) is 10.1 Å². The number of anilines is 1. The number of carbonyl (C=O) groups excluding carboxylic acids is 1. The molecule has 1 aliphatic rings. The van der Waals surface area contributed by atoms with Gasteiger partial charge in [-0.15, -0.1) is 11.3 Å². The third-order valence-electron chi connectivity index (χ3n) is 4.34. The van der Waals surface area contributed by atoms with Gasteiger partial charge in [-0.25, -0.2) is 0 Å². The molecule has 0 spiro atoms. The number of nitrogens with two attached hydrogens (primary N) is 1. The Balaban J connectivity index is 1.58. The first-order valence-corrected chi connectivity index (χ1v) is 9.21. The molecule has 24 heavy (non-hydrogen) atoms. The van der Waals surface area contributed by atoms with Gasteiger partial charge < -0.3 is 10.6 Å². The molecule has 0 fully saturated rings. The molecule has 2 aromatic rings. The molecule has 1 aliphatic carbocycles. The fourth-order valence-electron chi connectivity index (χ4n) is 2.97. The van der Waals surface area contributed by atoms with Gasteiger partial charge in [-0.3, -0.25) is 4.79 Å². The Morgan fingerprint density at radius 3 is 2.88 bits per heavy atom. The molecule has 0 saturated carbocycles. The number of fused-ring (bicyclic) bond motifs is 1. The third-order valence-corrected chi connectivity index (χ3v) is 5.80. The summed E-state index contributed by atoms with van der Waals surface area (Å²) in [5.41, 5.74) is 2.92. The Kier molecular flexibility index (Phi) is 5.20. The van der Waals surface area contributed by atoms with Crippen LogP contribution in [0, 0.1) is 11.3 Å². The molecule has 1 aromatic carbocycles. The standard InChI is InChI=1S/C18H18ClN3OS/c1-11(12-5-7-13(19)8-6-12)21-10-17(23)22-18-15(9-20)14-3-2-4-16(14)24-18/h5-8,11,21H,2-4,10H2,1H3,(H,22,23)/p+1/t11-/m1/s1. The van der Waals surface area contributed by atoms with Gasteiger partial charge in [0.1, 0.15) is 17.1 Å². The molecule has 6 heteroatoms. The van der Waals surface area contributed by atoms with Crippen molar-refractivity contribution in [3.05, 3.63) is 50.9 Å². The Labute approximate surface area is 150 Å². The van der Waals surface area contributed by atoms with Crippen LogP contribution in [0.5, 0.6) is 0 Å². The van der Waals surface area contributed by atoms with E-state index in [0.717, 1.165) is 30.4 Å². The monoisotopic (exact) mass is 360 g/mol. The summed E-state index contributed by atoms with van der Waals surface area (Å²) in [6, 6.07) is 10.1. The average molecular weight is 361 g/mol. The largest absolute Gasteiger partial charge is 0.333 e. The van der Waals surface area contributed by atoms with Gasteiger partial charge in [0.05, 0.1) is 5.56 Å². The molecule has 0 unspecified atom stereocenters. The number of quaternary nitrogens is 1. The van der Waals surface area contributed by atoms with E-state index in [1.165, 1.54) is 4.88 Å². The van der Waals surface area contributed by atoms with Crippen molar-refractivity contribution in [2.24, 2.45) is 0 Å². The van der Waals surface area contributed by atoms with Crippen LogP contribution in [0.15, 0.2) is 24.3 Å². The van der Waals surface area contributed by atoms with E-state index in [1.807, 2.05) is 29.6 Å². The van der Waals surface area contributed by atoms with Gasteiger partial charge in [0.2, 0.25) is 0 Å². The van der Waals surface area contributed by atoms with Crippen molar-refractivity contribution in [1.29, 1.82) is 5.26 Å². The van der Waals surface area contributed by atoms with E-state index in [2.05, 4.69) is 18.3 Å². The number of nitriles is 1. The minimum absolute atomic E-state index is 0.0766. The van der Waals surface area contributed by atoms with Gasteiger partial charge in [0.15, 0.2) is 6.54 Å². The molecule has 0 aliphatic heterocycles. The summed E-state index contributed by atoms with van der Waals surface area (Å²) in [5.74, 6) is -0.0766. The number of benzene rings is 1. The van der Waals surface area contributed by atoms with E-state index in [-0.39, 0.29) is 11.9 Å². The Bertz CT molecular complexity index is 792. The molecule has 1 amide bonds. The van der Waals surface area contributed by atoms with Crippen LogP contribution in [0.3, 0.4) is 0 Å². The predicted octanol–water partition coefficient (Wildman–Crippen LogP) is 3.02. The first kappa shape index (κ1) is 17.0. The quantitative estimate of drug-likeness (QED) is 0.860. The van der Waals surface area contributed by atoms with Gasteiger partial charge in [-0.05, 0) is 43.9 Å². The lowest BCUT2D eigenvalue weighted by Gasteiger charge is -2.11. The molecule has 3 rings (SSSR count). The number of thiophene rings is 1. The molecule has 124 valence electrons. The van der Waals surface area contributed by atoms with E-state index >= 15 is 0 Å². The number of rotatable bonds is 5. The summed E-state index contributed by atoms with van der Waals surface area (Å²) in [6.45, 7) is 2.37. The number of carbonyl (C=O) groups is 1. The van der Waals surface area contributed by atoms with E-state index < -0.39 is 0 Å². The molecule has 0 saturated heterocycles. The molecule has 1 atom stereocenters. The highest BCUT2D eigenvalue weighted by Crippen LogP contribution is 2.38. The second-order valence-corrected chi connectivity index (χ2v) is 7.54. The first-order chi connectivity index (χ1) is 11.6. The number of nitrogens with one attached hydrogen (secondary N) is 1. The van der Waals surface area contributed by atoms with Crippen molar-refractivity contribution < 1.29 is 10.1 Å². The molecule has 3 N–H and O–H groups in total. The van der Waals surface area contributed by atoms with Crippen molar-refractivity contribution in [2.75, 3.05) is 11.9 Å². The Morgan fingerprint density at radius 2 is 2.17 bits per heavy atom. The number of nitrogens with zero attached hydrogens (tertiary/aromatic N) is 1. The molecule has 0 bridgehead atoms. The lowest BCUT2D eigenvalue weighted by Crippen LogP contribution is -2.86. The highest BCUT2D eigenvalue weighted by molar-refractivity contribution is 7.16. The van der Waals surface area contributed by atoms with Crippen LogP contribution in [0.4, 0.5) is 5.00 Å². The molecule has 0 radical (unpaired) electrons. The third kappa shape index (κ3) is 3.62. The van der Waals surface area contributed by atoms with Crippen LogP contribution in [-0.4, -0.2) is 12.5 Å². The van der Waals surface area contributed by atoms with E-state index in [0.29, 0.717) is 22.1 Å². The summed E-state index contributed by atoms with van der Waals surface area (Å²) in [4.78, 5) is 13.5. The topological polar surface area (TPSA) is 69.5 Å². The number of hydrogen-bond donors (Lipinski definition) is 2. The second kappa shape index (κ2) is 7.35. The highest BCUT2D eigenvalue weighted by atomic mass is 35.5. The van der Waals surface area contributed by atoms with Crippen LogP contribution in [-0.2, 0) is 17.6 Å². The molecule has 1 aromatic heterocycles. The molecule has 4 nitrogen and oxygen atoms in total. The summed E-state index contributed by atoms with van der Waals surface area (Å²) in [6.07, 6.45) is 3.07. The van der Waals surface area contributed by atoms with Crippen molar-refractivity contribution >= 4 is 33.8 Å². The minimum Gasteiger partial charge on any atom is -0.333 e. The molecular weight excluding hydrogens is 342 g/mol. The number of halogens is 1. The lowest BCUT2D eigenvalue weighted by atomic mass is 10.1. The SMILES string of the molecule is C[C@@H]([NH2+]CC(=O)Nc1sc2c(c1C#N)CCC2)c1ccc(Cl)cc1. The molecule has 1 heterocycles. The van der Waals surface area contributed by atoms with Crippen LogP contribution in [0.1, 0.15) is 41.0 Å². The van der Waals surface area contributed by atoms with Crippen molar-refractivity contribution in [3.8, 4) is 6.07 Å². The Morgan fingerprint density at radius 1 is 1.42 bits per heavy atom. The van der Waals surface area contributed by atoms with Crippen LogP contribution < -0.4 is 10.6 Å². The average Bonchev–Trinajstić information content (AvgIpc) is 3.13. The summed E-state index contributed by atoms with van der Waals surface area (Å²) in [5, 5.41) is 15.7. The zero-order valence-corrected chi connectivity index (χ0v) is 15.0. The second-order valence-electron chi connectivity index (χ2n) is 6.00. The van der Waals surface area contributed by atoms with Crippen molar-refractivity contribution in [3.63, 3.8) is 0 Å². The number of amides is 1. The maximum Gasteiger partial charge on any atom is 0.280 e. The summed E-state index contributed by atoms with van der Waals surface area (Å²) in [7, 11) is 0. The maximum absolute atomic E-state index is 12.2. The van der Waals surface area contributed by atoms with Gasteiger partial charge in [-0.1, -0.05) is 23.7 Å². The lowest BCUT2D eigenvalue weighted by molar-refractivity contribution is -0.682. The number of hydrogen-bond acceptors (Lipinski definition) is 3. The zero-order valence-electron chi connectivity index (χ0n) is 13.4.